The third-order valence-corrected chi connectivity index (χ3v) is 9.11. The third kappa shape index (κ3) is 3.03. The van der Waals surface area contributed by atoms with Crippen LogP contribution in [0, 0.1) is 0 Å². The van der Waals surface area contributed by atoms with Crippen LogP contribution in [0.25, 0.3) is 5.57 Å². The fourth-order valence-electron chi connectivity index (χ4n) is 7.69. The van der Waals surface area contributed by atoms with E-state index < -0.39 is 5.97 Å². The van der Waals surface area contributed by atoms with Crippen molar-refractivity contribution in [2.75, 3.05) is 31.1 Å². The van der Waals surface area contributed by atoms with Crippen LogP contribution in [0.15, 0.2) is 36.4 Å². The molecule has 5 aliphatic heterocycles. The van der Waals surface area contributed by atoms with Gasteiger partial charge in [-0.1, -0.05) is 18.2 Å². The minimum atomic E-state index is -0.881. The Hall–Kier alpha value is -3.60. The van der Waals surface area contributed by atoms with E-state index in [-0.39, 0.29) is 0 Å². The van der Waals surface area contributed by atoms with Gasteiger partial charge in [-0.2, -0.15) is 0 Å². The van der Waals surface area contributed by atoms with Gasteiger partial charge in [0.15, 0.2) is 0 Å². The average molecular weight is 492 g/mol. The molecule has 5 heterocycles. The molecule has 5 aliphatic rings. The number of carboxylic acids is 1. The van der Waals surface area contributed by atoms with Crippen molar-refractivity contribution < 1.29 is 14.6 Å². The quantitative estimate of drug-likeness (QED) is 0.433. The zero-order valence-electron chi connectivity index (χ0n) is 21.1. The summed E-state index contributed by atoms with van der Waals surface area (Å²) in [7, 11) is 0. The Labute approximate surface area is 216 Å². The fourth-order valence-corrected chi connectivity index (χ4v) is 7.69. The first kappa shape index (κ1) is 21.5. The molecule has 0 bridgehead atoms. The molecule has 0 radical (unpaired) electrons. The Morgan fingerprint density at radius 1 is 0.838 bits per heavy atom. The van der Waals surface area contributed by atoms with E-state index in [1.54, 1.807) is 6.07 Å². The largest absolute Gasteiger partial charge is 0.478 e. The molecule has 0 atom stereocenters. The second-order valence-electron chi connectivity index (χ2n) is 11.2. The maximum Gasteiger partial charge on any atom is 0.336 e. The van der Waals surface area contributed by atoms with Gasteiger partial charge in [0.2, 0.25) is 5.36 Å². The van der Waals surface area contributed by atoms with E-state index in [1.165, 1.54) is 33.3 Å². The summed E-state index contributed by atoms with van der Waals surface area (Å²) in [4.78, 5) is 15.0. The summed E-state index contributed by atoms with van der Waals surface area (Å²) < 4.78 is 9.60. The summed E-state index contributed by atoms with van der Waals surface area (Å²) in [6.45, 7) is 4.45. The lowest BCUT2D eigenvalue weighted by atomic mass is 9.82. The van der Waals surface area contributed by atoms with Crippen molar-refractivity contribution >= 4 is 17.2 Å². The van der Waals surface area contributed by atoms with E-state index in [2.05, 4.69) is 21.6 Å². The van der Waals surface area contributed by atoms with Gasteiger partial charge < -0.3 is 14.7 Å². The summed E-state index contributed by atoms with van der Waals surface area (Å²) in [5.74, 6) is 1.06. The summed E-state index contributed by atoms with van der Waals surface area (Å²) in [5, 5.41) is 12.7. The molecule has 0 unspecified atom stereocenters. The van der Waals surface area contributed by atoms with Crippen LogP contribution in [0.1, 0.15) is 69.4 Å². The molecule has 0 aliphatic carbocycles. The number of aryl methyl sites for hydroxylation is 2. The highest BCUT2D eigenvalue weighted by atomic mass is 16.5. The van der Waals surface area contributed by atoms with Crippen molar-refractivity contribution in [3.05, 3.63) is 85.9 Å². The Balaban J connectivity index is 1.54. The minimum absolute atomic E-state index is 0.359. The first-order valence-electron chi connectivity index (χ1n) is 13.9. The lowest BCUT2D eigenvalue weighted by Crippen LogP contribution is -2.45. The molecule has 5 heteroatoms. The molecule has 0 aromatic heterocycles. The van der Waals surface area contributed by atoms with E-state index in [0.717, 1.165) is 111 Å². The molecule has 3 aromatic carbocycles. The highest BCUT2D eigenvalue weighted by Gasteiger charge is 2.36. The van der Waals surface area contributed by atoms with Crippen molar-refractivity contribution in [3.63, 3.8) is 0 Å². The van der Waals surface area contributed by atoms with Crippen LogP contribution in [0.3, 0.4) is 0 Å². The molecule has 1 N–H and O–H groups in total. The molecule has 186 valence electrons. The Bertz CT molecular complexity index is 1650. The van der Waals surface area contributed by atoms with Gasteiger partial charge in [0.05, 0.1) is 11.1 Å². The smallest absolute Gasteiger partial charge is 0.336 e. The van der Waals surface area contributed by atoms with Crippen molar-refractivity contribution in [1.82, 2.24) is 4.58 Å². The number of ether oxygens (including phenoxy) is 1. The van der Waals surface area contributed by atoms with Gasteiger partial charge in [-0.15, -0.1) is 0 Å². The number of anilines is 1. The van der Waals surface area contributed by atoms with Gasteiger partial charge in [0.1, 0.15) is 24.6 Å². The summed E-state index contributed by atoms with van der Waals surface area (Å²) in [5.41, 5.74) is 10.1. The topological polar surface area (TPSA) is 52.8 Å². The number of carboxylic acid groups (broad SMARTS) is 1. The van der Waals surface area contributed by atoms with Crippen molar-refractivity contribution in [2.24, 2.45) is 0 Å². The Morgan fingerprint density at radius 3 is 2.46 bits per heavy atom. The standard InChI is InChI=1S/C32H30N2O3/c35-32(36)22-10-2-1-9-21(22)27-25-17-19-7-3-13-33-15-5-11-23(28(19)33)30(25)37-31-24-12-6-16-34-14-4-8-20(29(24)34)18-26(27)31/h1-2,9-10,17-18H,3-8,11-16H2/p+1. The molecular formula is C32H31N2O3+. The first-order valence-corrected chi connectivity index (χ1v) is 13.9. The molecule has 5 nitrogen and oxygen atoms in total. The van der Waals surface area contributed by atoms with Gasteiger partial charge >= 0.3 is 5.97 Å². The van der Waals surface area contributed by atoms with Gasteiger partial charge in [-0.05, 0) is 67.9 Å². The van der Waals surface area contributed by atoms with E-state index >= 15 is 0 Å². The molecule has 0 fully saturated rings. The van der Waals surface area contributed by atoms with Crippen LogP contribution in [0.2, 0.25) is 0 Å². The van der Waals surface area contributed by atoms with Gasteiger partial charge in [0, 0.05) is 59.1 Å². The molecule has 0 spiro atoms. The van der Waals surface area contributed by atoms with Gasteiger partial charge in [-0.25, -0.2) is 9.37 Å². The Morgan fingerprint density at radius 2 is 1.59 bits per heavy atom. The van der Waals surface area contributed by atoms with Crippen LogP contribution in [-0.2, 0) is 25.7 Å². The lowest BCUT2D eigenvalue weighted by molar-refractivity contribution is 0.0696. The monoisotopic (exact) mass is 491 g/mol. The fraction of sp³-hybridized carbons (Fsp3) is 0.375. The maximum absolute atomic E-state index is 12.4. The Kier molecular flexibility index (Phi) is 4.61. The number of carbonyl (C=O) groups is 1. The van der Waals surface area contributed by atoms with Crippen molar-refractivity contribution in [2.45, 2.75) is 51.4 Å². The number of fused-ring (bicyclic) bond motifs is 4. The van der Waals surface area contributed by atoms with Gasteiger partial charge in [-0.3, -0.25) is 0 Å². The SMILES string of the molecule is O=C(O)c1ccccc1C1=c2cc3c4c(c2Oc2c1cc1c5c2CCCN5CCC1)CCC[N+]=4CCC3. The average Bonchev–Trinajstić information content (AvgIpc) is 2.93. The number of benzene rings is 3. The van der Waals surface area contributed by atoms with E-state index in [1.807, 2.05) is 18.2 Å². The highest BCUT2D eigenvalue weighted by Crippen LogP contribution is 2.48. The zero-order valence-corrected chi connectivity index (χ0v) is 21.1. The highest BCUT2D eigenvalue weighted by molar-refractivity contribution is 5.99. The van der Waals surface area contributed by atoms with Gasteiger partial charge in [0.25, 0.3) is 0 Å². The predicted molar refractivity (Wildman–Crippen MR) is 144 cm³/mol. The second-order valence-corrected chi connectivity index (χ2v) is 11.2. The van der Waals surface area contributed by atoms with Crippen molar-refractivity contribution in [1.29, 1.82) is 0 Å². The summed E-state index contributed by atoms with van der Waals surface area (Å²) in [6, 6.07) is 12.2. The number of rotatable bonds is 2. The number of nitrogens with zero attached hydrogens (tertiary/aromatic N) is 2. The molecule has 37 heavy (non-hydrogen) atoms. The molecule has 0 saturated heterocycles. The number of hydrogen-bond donors (Lipinski definition) is 1. The molecule has 8 rings (SSSR count). The minimum Gasteiger partial charge on any atom is -0.478 e. The van der Waals surface area contributed by atoms with Crippen LogP contribution >= 0.6 is 0 Å². The molecule has 0 amide bonds. The second kappa shape index (κ2) is 7.95. The third-order valence-electron chi connectivity index (χ3n) is 9.11. The van der Waals surface area contributed by atoms with Crippen LogP contribution in [0.5, 0.6) is 11.5 Å². The van der Waals surface area contributed by atoms with Crippen LogP contribution in [-0.4, -0.2) is 37.3 Å². The number of aromatic carboxylic acids is 1. The predicted octanol–water partition coefficient (Wildman–Crippen LogP) is 3.82. The normalized spacial score (nSPS) is 18.9. The van der Waals surface area contributed by atoms with Crippen LogP contribution in [0.4, 0.5) is 5.69 Å². The van der Waals surface area contributed by atoms with Crippen molar-refractivity contribution in [3.8, 4) is 11.5 Å². The lowest BCUT2D eigenvalue weighted by Gasteiger charge is -2.39. The molecular weight excluding hydrogens is 460 g/mol. The van der Waals surface area contributed by atoms with E-state index in [0.29, 0.717) is 5.56 Å². The first-order chi connectivity index (χ1) is 18.2. The van der Waals surface area contributed by atoms with E-state index in [9.17, 15) is 9.90 Å². The summed E-state index contributed by atoms with van der Waals surface area (Å²) >= 11 is 0. The molecule has 0 saturated carbocycles. The van der Waals surface area contributed by atoms with E-state index in [4.69, 9.17) is 4.74 Å². The maximum atomic E-state index is 12.4. The van der Waals surface area contributed by atoms with Crippen LogP contribution < -0.4 is 24.8 Å². The number of hydrogen-bond acceptors (Lipinski definition) is 3. The zero-order chi connectivity index (χ0) is 24.7. The summed E-state index contributed by atoms with van der Waals surface area (Å²) in [6.07, 6.45) is 8.74. The molecule has 3 aromatic rings.